The van der Waals surface area contributed by atoms with Crippen molar-refractivity contribution in [2.45, 2.75) is 123 Å². The number of rotatable bonds is 7. The summed E-state index contributed by atoms with van der Waals surface area (Å²) in [7, 11) is -2.29. The molecule has 2 unspecified atom stereocenters. The molecule has 8 aromatic rings. The lowest BCUT2D eigenvalue weighted by Crippen LogP contribution is -2.79. The second kappa shape index (κ2) is 17.2. The summed E-state index contributed by atoms with van der Waals surface area (Å²) >= 11 is 0. The molecule has 0 N–H and O–H groups in total. The van der Waals surface area contributed by atoms with E-state index in [9.17, 15) is 0 Å². The van der Waals surface area contributed by atoms with Crippen LogP contribution in [0.15, 0.2) is 176 Å². The molecular formula is C70H71BN4Si. The first-order chi connectivity index (χ1) is 36.4. The Labute approximate surface area is 454 Å². The summed E-state index contributed by atoms with van der Waals surface area (Å²) in [6.45, 7) is 26.5. The molecule has 1 aliphatic carbocycles. The van der Waals surface area contributed by atoms with Crippen LogP contribution in [0.4, 0.5) is 45.5 Å². The normalized spacial score (nSPS) is 19.8. The maximum absolute atomic E-state index is 5.14. The van der Waals surface area contributed by atoms with E-state index in [2.05, 4.69) is 260 Å². The molecule has 0 spiro atoms. The Bertz CT molecular complexity index is 3730. The van der Waals surface area contributed by atoms with E-state index in [0.29, 0.717) is 0 Å². The van der Waals surface area contributed by atoms with Crippen molar-refractivity contribution in [3.05, 3.63) is 198 Å². The van der Waals surface area contributed by atoms with Crippen LogP contribution in [-0.2, 0) is 16.2 Å². The number of benzene rings is 7. The molecule has 1 saturated carbocycles. The van der Waals surface area contributed by atoms with Gasteiger partial charge in [0.1, 0.15) is 8.07 Å². The van der Waals surface area contributed by atoms with Crippen molar-refractivity contribution in [1.82, 2.24) is 4.98 Å². The van der Waals surface area contributed by atoms with Gasteiger partial charge in [0.25, 0.3) is 6.71 Å². The molecule has 5 heterocycles. The number of allylic oxidation sites excluding steroid dienone is 3. The van der Waals surface area contributed by atoms with Crippen LogP contribution < -0.4 is 41.5 Å². The molecule has 1 aromatic heterocycles. The minimum absolute atomic E-state index is 0.0323. The molecule has 76 heavy (non-hydrogen) atoms. The highest BCUT2D eigenvalue weighted by Crippen LogP contribution is 2.62. The quantitative estimate of drug-likeness (QED) is 0.117. The molecule has 7 aromatic carbocycles. The molecule has 5 aliphatic rings. The molecule has 13 rings (SSSR count). The minimum Gasteiger partial charge on any atom is -0.334 e. The summed E-state index contributed by atoms with van der Waals surface area (Å²) in [6, 6.07) is 59.1. The minimum atomic E-state index is -2.29. The maximum Gasteiger partial charge on any atom is 0.251 e. The first kappa shape index (κ1) is 48.5. The summed E-state index contributed by atoms with van der Waals surface area (Å²) < 4.78 is 0. The van der Waals surface area contributed by atoms with Gasteiger partial charge in [-0.3, -0.25) is 4.98 Å². The Morgan fingerprint density at radius 1 is 0.553 bits per heavy atom. The molecule has 2 atom stereocenters. The van der Waals surface area contributed by atoms with Gasteiger partial charge in [-0.25, -0.2) is 0 Å². The fraction of sp³-hybridized carbons (Fsp3) is 0.271. The third-order valence-electron chi connectivity index (χ3n) is 18.7. The van der Waals surface area contributed by atoms with Crippen LogP contribution in [0.25, 0.3) is 28.5 Å². The third-order valence-corrected chi connectivity index (χ3v) is 22.3. The molecule has 1 fully saturated rings. The van der Waals surface area contributed by atoms with Gasteiger partial charge in [-0.1, -0.05) is 188 Å². The molecule has 4 nitrogen and oxygen atoms in total. The highest BCUT2D eigenvalue weighted by atomic mass is 28.3. The molecule has 378 valence electrons. The van der Waals surface area contributed by atoms with Gasteiger partial charge in [0.05, 0.1) is 22.6 Å². The summed E-state index contributed by atoms with van der Waals surface area (Å²) in [4.78, 5) is 13.3. The van der Waals surface area contributed by atoms with E-state index >= 15 is 0 Å². The second-order valence-electron chi connectivity index (χ2n) is 25.5. The number of nitrogens with zero attached hydrogens (tertiary/aromatic N) is 4. The number of hydrogen-bond acceptors (Lipinski definition) is 4. The Balaban J connectivity index is 1.17. The van der Waals surface area contributed by atoms with Gasteiger partial charge in [0, 0.05) is 51.3 Å². The van der Waals surface area contributed by atoms with Gasteiger partial charge < -0.3 is 14.7 Å². The van der Waals surface area contributed by atoms with Gasteiger partial charge in [-0.2, -0.15) is 0 Å². The van der Waals surface area contributed by atoms with Crippen LogP contribution in [0.5, 0.6) is 0 Å². The van der Waals surface area contributed by atoms with Crippen LogP contribution in [-0.4, -0.2) is 25.3 Å². The lowest BCUT2D eigenvalue weighted by Gasteiger charge is -2.52. The number of pyridine rings is 1. The first-order valence-electron chi connectivity index (χ1n) is 28.0. The van der Waals surface area contributed by atoms with E-state index in [1.165, 1.54) is 113 Å². The molecular weight excluding hydrogens is 936 g/mol. The average molecular weight is 1010 g/mol. The number of hydrogen-bond donors (Lipinski definition) is 0. The van der Waals surface area contributed by atoms with Crippen molar-refractivity contribution in [1.29, 1.82) is 0 Å². The summed E-state index contributed by atoms with van der Waals surface area (Å²) in [5.41, 5.74) is 23.9. The largest absolute Gasteiger partial charge is 0.334 e. The van der Waals surface area contributed by atoms with E-state index in [1.54, 1.807) is 0 Å². The van der Waals surface area contributed by atoms with Crippen molar-refractivity contribution >= 4 is 93.1 Å². The Hall–Kier alpha value is -7.15. The summed E-state index contributed by atoms with van der Waals surface area (Å²) in [5, 5.41) is 3.06. The van der Waals surface area contributed by atoms with Gasteiger partial charge in [0.2, 0.25) is 0 Å². The van der Waals surface area contributed by atoms with Crippen LogP contribution in [0, 0.1) is 0 Å². The molecule has 0 bridgehead atoms. The van der Waals surface area contributed by atoms with Crippen molar-refractivity contribution in [3.8, 4) is 22.4 Å². The lowest BCUT2D eigenvalue weighted by atomic mass is 9.33. The Kier molecular flexibility index (Phi) is 11.0. The highest BCUT2D eigenvalue weighted by Gasteiger charge is 2.59. The highest BCUT2D eigenvalue weighted by molar-refractivity contribution is 7.16. The first-order valence-corrected chi connectivity index (χ1v) is 31.0. The molecule has 4 aliphatic heterocycles. The van der Waals surface area contributed by atoms with Crippen LogP contribution in [0.1, 0.15) is 110 Å². The SMILES string of the molecule is C/C=C\C=C\c1cc(C(C)(C)C)ccc1N1c2cc(N3c4ccc(-c5ccccc5)cc4C4(C)CCCCC34C)cc3c2B2c4c1cccc4[Si](C)(C)c1cccc(c12)N3c1ccc(C(C)(C)C)cc1-c1ccccn1. The van der Waals surface area contributed by atoms with E-state index in [-0.39, 0.29) is 28.5 Å². The average Bonchev–Trinajstić information content (AvgIpc) is 3.78. The Morgan fingerprint density at radius 2 is 1.17 bits per heavy atom. The fourth-order valence-electron chi connectivity index (χ4n) is 14.5. The molecule has 0 amide bonds. The zero-order chi connectivity index (χ0) is 52.7. The van der Waals surface area contributed by atoms with Crippen molar-refractivity contribution in [3.63, 3.8) is 0 Å². The number of aromatic nitrogens is 1. The zero-order valence-electron chi connectivity index (χ0n) is 46.5. The number of anilines is 8. The van der Waals surface area contributed by atoms with E-state index in [0.717, 1.165) is 29.8 Å². The van der Waals surface area contributed by atoms with Gasteiger partial charge in [-0.15, -0.1) is 0 Å². The monoisotopic (exact) mass is 1010 g/mol. The van der Waals surface area contributed by atoms with Crippen LogP contribution in [0.3, 0.4) is 0 Å². The predicted octanol–water partition coefficient (Wildman–Crippen LogP) is 15.6. The van der Waals surface area contributed by atoms with Crippen LogP contribution in [0.2, 0.25) is 13.1 Å². The molecule has 0 saturated heterocycles. The van der Waals surface area contributed by atoms with Gasteiger partial charge in [0.15, 0.2) is 0 Å². The molecule has 0 radical (unpaired) electrons. The van der Waals surface area contributed by atoms with E-state index in [4.69, 9.17) is 4.98 Å². The lowest BCUT2D eigenvalue weighted by molar-refractivity contribution is 0.195. The summed E-state index contributed by atoms with van der Waals surface area (Å²) in [5.74, 6) is 0. The van der Waals surface area contributed by atoms with Gasteiger partial charge >= 0.3 is 0 Å². The second-order valence-corrected chi connectivity index (χ2v) is 29.8. The summed E-state index contributed by atoms with van der Waals surface area (Å²) in [6.07, 6.45) is 15.5. The zero-order valence-corrected chi connectivity index (χ0v) is 47.5. The van der Waals surface area contributed by atoms with Crippen molar-refractivity contribution < 1.29 is 0 Å². The Morgan fingerprint density at radius 3 is 1.82 bits per heavy atom. The predicted molar refractivity (Wildman–Crippen MR) is 330 cm³/mol. The molecule has 6 heteroatoms. The standard InChI is InChI=1S/C70H71BN4Si/c1-12-13-15-26-48-41-49(67(2,3)4)33-36-55(48)73-58-28-22-30-62-65(58)71-64-60(73)44-51(75-57-35-32-47(46-24-16-14-17-25-46)42-53(57)69(8)38-19-20-39-70(69,75)9)45-61(64)74(59-29-23-31-63(66(59)71)76(62,10)11)56-37-34-50(68(5,6)7)43-52(56)54-27-18-21-40-72-54/h12-18,21-37,40-45H,19-20,38-39H2,1-11H3/b13-12-,26-15+. The fourth-order valence-corrected chi connectivity index (χ4v) is 17.7. The topological polar surface area (TPSA) is 22.6 Å². The number of fused-ring (bicyclic) bond motifs is 3. The maximum atomic E-state index is 5.14. The van der Waals surface area contributed by atoms with E-state index in [1.807, 2.05) is 12.3 Å². The van der Waals surface area contributed by atoms with Gasteiger partial charge in [-0.05, 0) is 160 Å². The van der Waals surface area contributed by atoms with E-state index < -0.39 is 8.07 Å². The smallest absolute Gasteiger partial charge is 0.251 e. The van der Waals surface area contributed by atoms with Crippen molar-refractivity contribution in [2.24, 2.45) is 0 Å². The van der Waals surface area contributed by atoms with Crippen LogP contribution >= 0.6 is 0 Å². The van der Waals surface area contributed by atoms with Crippen molar-refractivity contribution in [2.75, 3.05) is 14.7 Å². The third kappa shape index (κ3) is 7.05.